The monoisotopic (exact) mass is 217 g/mol. The molecule has 0 aromatic carbocycles. The summed E-state index contributed by atoms with van der Waals surface area (Å²) < 4.78 is 0. The van der Waals surface area contributed by atoms with Crippen molar-refractivity contribution in [3.63, 3.8) is 0 Å². The van der Waals surface area contributed by atoms with Gasteiger partial charge in [0.1, 0.15) is 5.70 Å². The Morgan fingerprint density at radius 1 is 1.44 bits per heavy atom. The molecule has 0 aliphatic carbocycles. The minimum absolute atomic E-state index is 0.0745. The Morgan fingerprint density at radius 2 is 2.31 bits per heavy atom. The van der Waals surface area contributed by atoms with Crippen molar-refractivity contribution in [2.24, 2.45) is 4.99 Å². The number of dihydropyridines is 2. The molecule has 0 aromatic rings. The molecule has 0 saturated heterocycles. The van der Waals surface area contributed by atoms with Gasteiger partial charge in [0, 0.05) is 26.2 Å². The van der Waals surface area contributed by atoms with Crippen LogP contribution in [-0.4, -0.2) is 32.3 Å². The van der Waals surface area contributed by atoms with Crippen molar-refractivity contribution in [2.45, 2.75) is 6.42 Å². The minimum Gasteiger partial charge on any atom is -0.377 e. The number of aliphatic imine (C=N–C) groups is 1. The zero-order valence-electron chi connectivity index (χ0n) is 9.29. The third-order valence-corrected chi connectivity index (χ3v) is 2.69. The van der Waals surface area contributed by atoms with Crippen LogP contribution in [0.4, 0.5) is 0 Å². The van der Waals surface area contributed by atoms with E-state index in [0.29, 0.717) is 12.2 Å². The molecule has 0 fully saturated rings. The molecule has 0 unspecified atom stereocenters. The molecule has 2 aliphatic rings. The molecule has 0 aromatic heterocycles. The molecular formula is C12H15N3O. The minimum atomic E-state index is -0.0745. The number of nitrogens with zero attached hydrogens (tertiary/aromatic N) is 1. The van der Waals surface area contributed by atoms with Crippen molar-refractivity contribution < 1.29 is 4.79 Å². The number of allylic oxidation sites excluding steroid dienone is 2. The molecule has 1 amide bonds. The molecule has 84 valence electrons. The molecular weight excluding hydrogens is 202 g/mol. The summed E-state index contributed by atoms with van der Waals surface area (Å²) in [4.78, 5) is 15.5. The van der Waals surface area contributed by atoms with E-state index in [-0.39, 0.29) is 5.91 Å². The Morgan fingerprint density at radius 3 is 2.88 bits per heavy atom. The van der Waals surface area contributed by atoms with E-state index in [1.165, 1.54) is 11.1 Å². The molecule has 2 rings (SSSR count). The zero-order valence-corrected chi connectivity index (χ0v) is 9.29. The highest BCUT2D eigenvalue weighted by atomic mass is 16.1. The van der Waals surface area contributed by atoms with Crippen LogP contribution in [0.15, 0.2) is 40.1 Å². The van der Waals surface area contributed by atoms with Gasteiger partial charge in [-0.1, -0.05) is 12.2 Å². The molecule has 0 spiro atoms. The predicted molar refractivity (Wildman–Crippen MR) is 64.3 cm³/mol. The number of hydrogen-bond donors (Lipinski definition) is 2. The van der Waals surface area contributed by atoms with Gasteiger partial charge in [-0.05, 0) is 17.2 Å². The van der Waals surface area contributed by atoms with Gasteiger partial charge in [-0.15, -0.1) is 0 Å². The van der Waals surface area contributed by atoms with E-state index in [1.807, 2.05) is 18.4 Å². The molecule has 4 nitrogen and oxygen atoms in total. The fraction of sp³-hybridized carbons (Fsp3) is 0.333. The van der Waals surface area contributed by atoms with Crippen LogP contribution in [0.25, 0.3) is 0 Å². The highest BCUT2D eigenvalue weighted by Crippen LogP contribution is 2.18. The average Bonchev–Trinajstić information content (AvgIpc) is 2.39. The van der Waals surface area contributed by atoms with Crippen LogP contribution >= 0.6 is 0 Å². The normalized spacial score (nSPS) is 19.2. The molecule has 2 aliphatic heterocycles. The molecule has 2 N–H and O–H groups in total. The van der Waals surface area contributed by atoms with E-state index in [9.17, 15) is 4.79 Å². The molecule has 0 saturated carbocycles. The maximum Gasteiger partial charge on any atom is 0.267 e. The zero-order chi connectivity index (χ0) is 11.4. The van der Waals surface area contributed by atoms with Crippen molar-refractivity contribution in [1.82, 2.24) is 10.6 Å². The molecule has 2 heterocycles. The largest absolute Gasteiger partial charge is 0.377 e. The standard InChI is InChI=1S/C12H15N3O/c1-13-12(16)11-3-2-10(8-15-11)9-4-6-14-7-5-9/h2-4,7,15H,5-6,8H2,1H3,(H,13,16). The topological polar surface area (TPSA) is 53.5 Å². The number of rotatable bonds is 2. The summed E-state index contributed by atoms with van der Waals surface area (Å²) >= 11 is 0. The fourth-order valence-electron chi connectivity index (χ4n) is 1.75. The fourth-order valence-corrected chi connectivity index (χ4v) is 1.75. The lowest BCUT2D eigenvalue weighted by Gasteiger charge is -2.18. The first-order valence-corrected chi connectivity index (χ1v) is 5.36. The summed E-state index contributed by atoms with van der Waals surface area (Å²) in [6.45, 7) is 1.47. The van der Waals surface area contributed by atoms with Gasteiger partial charge < -0.3 is 10.6 Å². The first kappa shape index (κ1) is 10.7. The van der Waals surface area contributed by atoms with Gasteiger partial charge in [-0.2, -0.15) is 0 Å². The number of carbonyl (C=O) groups is 1. The maximum atomic E-state index is 11.3. The second kappa shape index (κ2) is 4.79. The Labute approximate surface area is 94.8 Å². The van der Waals surface area contributed by atoms with Crippen LogP contribution in [0.1, 0.15) is 6.42 Å². The van der Waals surface area contributed by atoms with Crippen molar-refractivity contribution in [3.05, 3.63) is 35.1 Å². The Balaban J connectivity index is 2.10. The lowest BCUT2D eigenvalue weighted by Crippen LogP contribution is -2.32. The SMILES string of the molecule is CNC(=O)C1=CC=C(C2=CCN=CC2)CN1. The van der Waals surface area contributed by atoms with Crippen molar-refractivity contribution in [3.8, 4) is 0 Å². The predicted octanol–water partition coefficient (Wildman–Crippen LogP) is 0.547. The Kier molecular flexibility index (Phi) is 3.19. The van der Waals surface area contributed by atoms with E-state index >= 15 is 0 Å². The van der Waals surface area contributed by atoms with Gasteiger partial charge >= 0.3 is 0 Å². The van der Waals surface area contributed by atoms with Crippen molar-refractivity contribution in [2.75, 3.05) is 20.1 Å². The smallest absolute Gasteiger partial charge is 0.267 e. The first-order valence-electron chi connectivity index (χ1n) is 5.36. The Bertz CT molecular complexity index is 416. The van der Waals surface area contributed by atoms with Gasteiger partial charge in [-0.25, -0.2) is 0 Å². The summed E-state index contributed by atoms with van der Waals surface area (Å²) in [7, 11) is 1.63. The average molecular weight is 217 g/mol. The molecule has 0 atom stereocenters. The quantitative estimate of drug-likeness (QED) is 0.709. The molecule has 16 heavy (non-hydrogen) atoms. The van der Waals surface area contributed by atoms with E-state index in [4.69, 9.17) is 0 Å². The van der Waals surface area contributed by atoms with Crippen LogP contribution in [-0.2, 0) is 4.79 Å². The lowest BCUT2D eigenvalue weighted by molar-refractivity contribution is -0.117. The summed E-state index contributed by atoms with van der Waals surface area (Å²) in [5.74, 6) is -0.0745. The third kappa shape index (κ3) is 2.21. The maximum absolute atomic E-state index is 11.3. The number of carbonyl (C=O) groups excluding carboxylic acids is 1. The van der Waals surface area contributed by atoms with Gasteiger partial charge in [0.05, 0.1) is 6.54 Å². The molecule has 4 heteroatoms. The van der Waals surface area contributed by atoms with Crippen LogP contribution in [0.3, 0.4) is 0 Å². The highest BCUT2D eigenvalue weighted by molar-refractivity contribution is 5.93. The lowest BCUT2D eigenvalue weighted by atomic mass is 9.99. The van der Waals surface area contributed by atoms with Crippen LogP contribution in [0.5, 0.6) is 0 Å². The third-order valence-electron chi connectivity index (χ3n) is 2.69. The molecule has 0 radical (unpaired) electrons. The summed E-state index contributed by atoms with van der Waals surface area (Å²) in [6, 6.07) is 0. The molecule has 0 bridgehead atoms. The Hall–Kier alpha value is -1.84. The number of hydrogen-bond acceptors (Lipinski definition) is 3. The number of amides is 1. The number of nitrogens with one attached hydrogen (secondary N) is 2. The first-order chi connectivity index (χ1) is 7.81. The van der Waals surface area contributed by atoms with Crippen molar-refractivity contribution in [1.29, 1.82) is 0 Å². The van der Waals surface area contributed by atoms with Gasteiger partial charge in [0.2, 0.25) is 0 Å². The highest BCUT2D eigenvalue weighted by Gasteiger charge is 2.13. The van der Waals surface area contributed by atoms with Crippen molar-refractivity contribution >= 4 is 12.1 Å². The van der Waals surface area contributed by atoms with Crippen LogP contribution in [0, 0.1) is 0 Å². The number of likely N-dealkylation sites (N-methyl/N-ethyl adjacent to an activating group) is 1. The van der Waals surface area contributed by atoms with E-state index in [1.54, 1.807) is 7.05 Å². The second-order valence-electron chi connectivity index (χ2n) is 3.69. The van der Waals surface area contributed by atoms with Gasteiger partial charge in [0.25, 0.3) is 5.91 Å². The van der Waals surface area contributed by atoms with E-state index in [0.717, 1.165) is 13.0 Å². The van der Waals surface area contributed by atoms with Crippen LogP contribution < -0.4 is 10.6 Å². The second-order valence-corrected chi connectivity index (χ2v) is 3.69. The van der Waals surface area contributed by atoms with Crippen LogP contribution in [0.2, 0.25) is 0 Å². The van der Waals surface area contributed by atoms with E-state index < -0.39 is 0 Å². The van der Waals surface area contributed by atoms with Gasteiger partial charge in [-0.3, -0.25) is 9.79 Å². The summed E-state index contributed by atoms with van der Waals surface area (Å²) in [6.07, 6.45) is 8.79. The van der Waals surface area contributed by atoms with Gasteiger partial charge in [0.15, 0.2) is 0 Å². The summed E-state index contributed by atoms with van der Waals surface area (Å²) in [5, 5.41) is 5.71. The van der Waals surface area contributed by atoms with E-state index in [2.05, 4.69) is 21.7 Å². The summed E-state index contributed by atoms with van der Waals surface area (Å²) in [5.41, 5.74) is 3.16.